The summed E-state index contributed by atoms with van der Waals surface area (Å²) >= 11 is 0. The Balaban J connectivity index is 1.97. The van der Waals surface area contributed by atoms with Crippen LogP contribution in [0.15, 0.2) is 48.5 Å². The average molecular weight is 375 g/mol. The molecule has 0 saturated carbocycles. The summed E-state index contributed by atoms with van der Waals surface area (Å²) in [6.45, 7) is 3.44. The first-order chi connectivity index (χ1) is 12.8. The maximum absolute atomic E-state index is 13.0. The maximum atomic E-state index is 13.0. The van der Waals surface area contributed by atoms with E-state index in [0.717, 1.165) is 24.3 Å². The van der Waals surface area contributed by atoms with E-state index in [4.69, 9.17) is 0 Å². The van der Waals surface area contributed by atoms with Gasteiger partial charge in [-0.05, 0) is 54.4 Å². The summed E-state index contributed by atoms with van der Waals surface area (Å²) in [7, 11) is 0. The molecule has 0 aliphatic heterocycles. The van der Waals surface area contributed by atoms with Gasteiger partial charge in [0.25, 0.3) is 17.7 Å². The number of benzene rings is 2. The molecule has 0 heterocycles. The number of nitrogens with one attached hydrogen (secondary N) is 3. The first kappa shape index (κ1) is 20.0. The van der Waals surface area contributed by atoms with Crippen LogP contribution in [0.3, 0.4) is 0 Å². The normalized spacial score (nSPS) is 11.6. The molecule has 2 aromatic rings. The molecule has 0 spiro atoms. The molecule has 0 aromatic heterocycles. The van der Waals surface area contributed by atoms with E-state index in [2.05, 4.69) is 16.2 Å². The molecule has 1 unspecified atom stereocenters. The molecule has 0 fully saturated rings. The summed E-state index contributed by atoms with van der Waals surface area (Å²) in [5, 5.41) is 2.55. The first-order valence-electron chi connectivity index (χ1n) is 8.20. The highest BCUT2D eigenvalue weighted by Gasteiger charge is 2.25. The highest BCUT2D eigenvalue weighted by Crippen LogP contribution is 2.07. The summed E-state index contributed by atoms with van der Waals surface area (Å²) in [4.78, 5) is 36.5. The molecule has 27 heavy (non-hydrogen) atoms. The van der Waals surface area contributed by atoms with Gasteiger partial charge in [0, 0.05) is 11.1 Å². The molecule has 0 bridgehead atoms. The fourth-order valence-electron chi connectivity index (χ4n) is 2.23. The van der Waals surface area contributed by atoms with Crippen molar-refractivity contribution in [2.24, 2.45) is 5.92 Å². The molecule has 0 aliphatic rings. The molecule has 2 rings (SSSR count). The average Bonchev–Trinajstić information content (AvgIpc) is 2.64. The molecular formula is C19H19F2N3O3. The van der Waals surface area contributed by atoms with Crippen molar-refractivity contribution in [1.29, 1.82) is 0 Å². The van der Waals surface area contributed by atoms with E-state index in [0.29, 0.717) is 0 Å². The minimum atomic E-state index is -0.934. The lowest BCUT2D eigenvalue weighted by Crippen LogP contribution is -2.54. The number of carbonyl (C=O) groups excluding carboxylic acids is 3. The number of hydrogen-bond acceptors (Lipinski definition) is 3. The Morgan fingerprint density at radius 3 is 1.63 bits per heavy atom. The van der Waals surface area contributed by atoms with Gasteiger partial charge in [0.05, 0.1) is 0 Å². The number of hydrazine groups is 1. The van der Waals surface area contributed by atoms with Crippen molar-refractivity contribution >= 4 is 17.7 Å². The fourth-order valence-corrected chi connectivity index (χ4v) is 2.23. The summed E-state index contributed by atoms with van der Waals surface area (Å²) in [6, 6.07) is 8.74. The molecule has 0 aliphatic carbocycles. The maximum Gasteiger partial charge on any atom is 0.269 e. The number of hydrogen-bond donors (Lipinski definition) is 3. The molecule has 0 radical (unpaired) electrons. The van der Waals surface area contributed by atoms with Crippen molar-refractivity contribution in [2.75, 3.05) is 0 Å². The van der Waals surface area contributed by atoms with E-state index in [-0.39, 0.29) is 17.0 Å². The monoisotopic (exact) mass is 375 g/mol. The molecule has 2 aromatic carbocycles. The molecule has 6 nitrogen and oxygen atoms in total. The lowest BCUT2D eigenvalue weighted by molar-refractivity contribution is -0.124. The van der Waals surface area contributed by atoms with E-state index >= 15 is 0 Å². The Morgan fingerprint density at radius 2 is 1.19 bits per heavy atom. The van der Waals surface area contributed by atoms with Crippen LogP contribution in [0.2, 0.25) is 0 Å². The standard InChI is InChI=1S/C19H19F2N3O3/c1-11(2)16(22-17(25)12-3-7-14(20)8-4-12)19(27)24-23-18(26)13-5-9-15(21)10-6-13/h3-11,16H,1-2H3,(H,22,25)(H,23,26)(H,24,27). The molecule has 3 amide bonds. The number of carbonyl (C=O) groups is 3. The Kier molecular flexibility index (Phi) is 6.59. The number of amides is 3. The number of rotatable bonds is 5. The van der Waals surface area contributed by atoms with E-state index in [1.54, 1.807) is 13.8 Å². The van der Waals surface area contributed by atoms with Crippen LogP contribution in [0.1, 0.15) is 34.6 Å². The third kappa shape index (κ3) is 5.60. The summed E-state index contributed by atoms with van der Waals surface area (Å²) < 4.78 is 25.8. The highest BCUT2D eigenvalue weighted by molar-refractivity contribution is 5.99. The van der Waals surface area contributed by atoms with Gasteiger partial charge in [0.2, 0.25) is 0 Å². The van der Waals surface area contributed by atoms with Crippen LogP contribution >= 0.6 is 0 Å². The van der Waals surface area contributed by atoms with Crippen LogP contribution in [0.5, 0.6) is 0 Å². The van der Waals surface area contributed by atoms with Gasteiger partial charge in [-0.3, -0.25) is 25.2 Å². The smallest absolute Gasteiger partial charge is 0.269 e. The van der Waals surface area contributed by atoms with Crippen molar-refractivity contribution in [1.82, 2.24) is 16.2 Å². The SMILES string of the molecule is CC(C)C(NC(=O)c1ccc(F)cc1)C(=O)NNC(=O)c1ccc(F)cc1. The zero-order chi connectivity index (χ0) is 20.0. The Hall–Kier alpha value is -3.29. The Labute approximate surface area is 154 Å². The molecule has 8 heteroatoms. The number of halogens is 2. The van der Waals surface area contributed by atoms with Gasteiger partial charge in [-0.2, -0.15) is 0 Å². The van der Waals surface area contributed by atoms with Gasteiger partial charge in [0.15, 0.2) is 0 Å². The van der Waals surface area contributed by atoms with Gasteiger partial charge in [-0.15, -0.1) is 0 Å². The Morgan fingerprint density at radius 1 is 0.741 bits per heavy atom. The summed E-state index contributed by atoms with van der Waals surface area (Å²) in [5.74, 6) is -3.05. The molecule has 1 atom stereocenters. The summed E-state index contributed by atoms with van der Waals surface area (Å²) in [6.07, 6.45) is 0. The topological polar surface area (TPSA) is 87.3 Å². The van der Waals surface area contributed by atoms with E-state index in [9.17, 15) is 23.2 Å². The summed E-state index contributed by atoms with van der Waals surface area (Å²) in [5.41, 5.74) is 4.81. The van der Waals surface area contributed by atoms with E-state index in [1.807, 2.05) is 0 Å². The van der Waals surface area contributed by atoms with Crippen LogP contribution in [-0.2, 0) is 4.79 Å². The first-order valence-corrected chi connectivity index (χ1v) is 8.20. The van der Waals surface area contributed by atoms with Gasteiger partial charge < -0.3 is 5.32 Å². The molecule has 3 N–H and O–H groups in total. The predicted molar refractivity (Wildman–Crippen MR) is 94.5 cm³/mol. The predicted octanol–water partition coefficient (Wildman–Crippen LogP) is 2.18. The second-order valence-corrected chi connectivity index (χ2v) is 6.15. The van der Waals surface area contributed by atoms with Gasteiger partial charge in [0.1, 0.15) is 17.7 Å². The second-order valence-electron chi connectivity index (χ2n) is 6.15. The van der Waals surface area contributed by atoms with Gasteiger partial charge >= 0.3 is 0 Å². The van der Waals surface area contributed by atoms with E-state index in [1.165, 1.54) is 24.3 Å². The Bertz CT molecular complexity index is 821. The van der Waals surface area contributed by atoms with Crippen LogP contribution < -0.4 is 16.2 Å². The minimum Gasteiger partial charge on any atom is -0.340 e. The molecule has 0 saturated heterocycles. The molecular weight excluding hydrogens is 356 g/mol. The lowest BCUT2D eigenvalue weighted by atomic mass is 10.0. The third-order valence-corrected chi connectivity index (χ3v) is 3.75. The largest absolute Gasteiger partial charge is 0.340 e. The van der Waals surface area contributed by atoms with Crippen molar-refractivity contribution in [3.05, 3.63) is 71.3 Å². The fraction of sp³-hybridized carbons (Fsp3) is 0.211. The van der Waals surface area contributed by atoms with Crippen LogP contribution in [0.25, 0.3) is 0 Å². The van der Waals surface area contributed by atoms with Crippen molar-refractivity contribution in [3.8, 4) is 0 Å². The van der Waals surface area contributed by atoms with Crippen LogP contribution in [-0.4, -0.2) is 23.8 Å². The second kappa shape index (κ2) is 8.88. The van der Waals surface area contributed by atoms with Crippen molar-refractivity contribution < 1.29 is 23.2 Å². The lowest BCUT2D eigenvalue weighted by Gasteiger charge is -2.22. The minimum absolute atomic E-state index is 0.160. The van der Waals surface area contributed by atoms with Crippen LogP contribution in [0, 0.1) is 17.6 Å². The van der Waals surface area contributed by atoms with Crippen molar-refractivity contribution in [2.45, 2.75) is 19.9 Å². The van der Waals surface area contributed by atoms with Crippen LogP contribution in [0.4, 0.5) is 8.78 Å². The highest BCUT2D eigenvalue weighted by atomic mass is 19.1. The third-order valence-electron chi connectivity index (χ3n) is 3.75. The zero-order valence-corrected chi connectivity index (χ0v) is 14.8. The van der Waals surface area contributed by atoms with E-state index < -0.39 is 35.4 Å². The van der Waals surface area contributed by atoms with Gasteiger partial charge in [-0.1, -0.05) is 13.8 Å². The quantitative estimate of drug-likeness (QED) is 0.700. The zero-order valence-electron chi connectivity index (χ0n) is 14.8. The van der Waals surface area contributed by atoms with Crippen molar-refractivity contribution in [3.63, 3.8) is 0 Å². The van der Waals surface area contributed by atoms with Gasteiger partial charge in [-0.25, -0.2) is 8.78 Å². The molecule has 142 valence electrons.